The Bertz CT molecular complexity index is 1400. The van der Waals surface area contributed by atoms with Crippen LogP contribution in [0.5, 0.6) is 0 Å². The third-order valence-electron chi connectivity index (χ3n) is 6.22. The second-order valence-corrected chi connectivity index (χ2v) is 10.0. The van der Waals surface area contributed by atoms with E-state index in [1.165, 1.54) is 16.9 Å². The molecule has 1 aliphatic rings. The van der Waals surface area contributed by atoms with Crippen molar-refractivity contribution < 1.29 is 4.79 Å². The van der Waals surface area contributed by atoms with Crippen LogP contribution in [0.4, 0.5) is 5.95 Å². The Balaban J connectivity index is 1.35. The molecule has 6 nitrogen and oxygen atoms in total. The topological polar surface area (TPSA) is 78.1 Å². The minimum Gasteiger partial charge on any atom is -0.352 e. The number of nitrogens with zero attached hydrogens (tertiary/aromatic N) is 2. The molecule has 2 N–H and O–H groups in total. The molecule has 1 saturated heterocycles. The second-order valence-electron chi connectivity index (χ2n) is 8.72. The third-order valence-corrected chi connectivity index (χ3v) is 7.43. The summed E-state index contributed by atoms with van der Waals surface area (Å²) in [7, 11) is 0. The number of piperidine rings is 1. The van der Waals surface area contributed by atoms with Crippen molar-refractivity contribution in [2.45, 2.75) is 26.3 Å². The van der Waals surface area contributed by atoms with Crippen LogP contribution < -0.4 is 15.8 Å². The predicted molar refractivity (Wildman–Crippen MR) is 139 cm³/mol. The number of thiophene rings is 1. The molecular weight excluding hydrogens is 468 g/mol. The zero-order valence-electron chi connectivity index (χ0n) is 18.8. The van der Waals surface area contributed by atoms with E-state index in [0.29, 0.717) is 34.3 Å². The average Bonchev–Trinajstić information content (AvgIpc) is 3.28. The van der Waals surface area contributed by atoms with Crippen molar-refractivity contribution in [1.29, 1.82) is 0 Å². The average molecular weight is 493 g/mol. The number of amides is 1. The summed E-state index contributed by atoms with van der Waals surface area (Å²) in [6, 6.07) is 15.7. The number of aromatic amines is 1. The summed E-state index contributed by atoms with van der Waals surface area (Å²) < 4.78 is 0.618. The van der Waals surface area contributed by atoms with E-state index in [1.54, 1.807) is 0 Å². The molecule has 2 aromatic heterocycles. The molecule has 0 spiro atoms. The summed E-state index contributed by atoms with van der Waals surface area (Å²) in [4.78, 5) is 35.5. The molecule has 5 rings (SSSR count). The number of aromatic nitrogens is 2. The zero-order chi connectivity index (χ0) is 23.7. The van der Waals surface area contributed by atoms with Crippen molar-refractivity contribution in [3.63, 3.8) is 0 Å². The lowest BCUT2D eigenvalue weighted by Gasteiger charge is -2.32. The number of rotatable bonds is 5. The lowest BCUT2D eigenvalue weighted by molar-refractivity contribution is -0.125. The first-order valence-corrected chi connectivity index (χ1v) is 12.6. The standard InChI is InChI=1S/C26H25ClN4O2S/c1-16-7-9-18(10-8-16)21-15-34-23-22(21)29-26(30-25(23)33)31-11-3-5-19(14-31)24(32)28-13-17-4-2-6-20(27)12-17/h2,4,6-10,12,15,19H,3,5,11,13-14H2,1H3,(H,28,32)(H,29,30,33)/t19-/m1/s1. The van der Waals surface area contributed by atoms with Gasteiger partial charge in [-0.2, -0.15) is 0 Å². The fourth-order valence-electron chi connectivity index (χ4n) is 4.37. The molecule has 0 unspecified atom stereocenters. The minimum atomic E-state index is -0.173. The quantitative estimate of drug-likeness (QED) is 0.404. The molecule has 34 heavy (non-hydrogen) atoms. The van der Waals surface area contributed by atoms with Gasteiger partial charge in [0.1, 0.15) is 4.70 Å². The van der Waals surface area contributed by atoms with Crippen LogP contribution in [-0.2, 0) is 11.3 Å². The maximum Gasteiger partial charge on any atom is 0.270 e. The van der Waals surface area contributed by atoms with E-state index in [9.17, 15) is 9.59 Å². The molecule has 0 aliphatic carbocycles. The van der Waals surface area contributed by atoms with Crippen LogP contribution in [0.15, 0.2) is 58.7 Å². The number of anilines is 1. The Morgan fingerprint density at radius 1 is 1.26 bits per heavy atom. The monoisotopic (exact) mass is 492 g/mol. The van der Waals surface area contributed by atoms with Crippen LogP contribution in [0.2, 0.25) is 5.02 Å². The highest BCUT2D eigenvalue weighted by Crippen LogP contribution is 2.32. The van der Waals surface area contributed by atoms with Gasteiger partial charge in [0.15, 0.2) is 0 Å². The van der Waals surface area contributed by atoms with Crippen molar-refractivity contribution in [3.8, 4) is 11.1 Å². The van der Waals surface area contributed by atoms with Crippen LogP contribution in [0.1, 0.15) is 24.0 Å². The van der Waals surface area contributed by atoms with E-state index in [1.807, 2.05) is 34.5 Å². The molecule has 1 fully saturated rings. The number of carbonyl (C=O) groups excluding carboxylic acids is 1. The number of nitrogens with one attached hydrogen (secondary N) is 2. The first-order chi connectivity index (χ1) is 16.5. The van der Waals surface area contributed by atoms with Crippen LogP contribution in [0.25, 0.3) is 21.3 Å². The molecule has 1 amide bonds. The summed E-state index contributed by atoms with van der Waals surface area (Å²) in [6.45, 7) is 3.75. The summed E-state index contributed by atoms with van der Waals surface area (Å²) in [5.74, 6) is 0.355. The number of aryl methyl sites for hydroxylation is 1. The Hall–Kier alpha value is -3.16. The summed E-state index contributed by atoms with van der Waals surface area (Å²) in [5, 5.41) is 5.67. The molecule has 0 radical (unpaired) electrons. The van der Waals surface area contributed by atoms with Crippen LogP contribution in [0.3, 0.4) is 0 Å². The molecule has 0 bridgehead atoms. The Morgan fingerprint density at radius 3 is 2.88 bits per heavy atom. The first kappa shape index (κ1) is 22.6. The zero-order valence-corrected chi connectivity index (χ0v) is 20.4. The fraction of sp³-hybridized carbons (Fsp3) is 0.269. The highest BCUT2D eigenvalue weighted by atomic mass is 35.5. The van der Waals surface area contributed by atoms with Gasteiger partial charge in [0.25, 0.3) is 5.56 Å². The van der Waals surface area contributed by atoms with Gasteiger partial charge in [-0.3, -0.25) is 14.6 Å². The van der Waals surface area contributed by atoms with Gasteiger partial charge in [0, 0.05) is 35.6 Å². The van der Waals surface area contributed by atoms with Gasteiger partial charge in [-0.25, -0.2) is 4.98 Å². The fourth-order valence-corrected chi connectivity index (χ4v) is 5.49. The smallest absolute Gasteiger partial charge is 0.270 e. The Labute approximate surface area is 206 Å². The van der Waals surface area contributed by atoms with E-state index in [4.69, 9.17) is 16.6 Å². The first-order valence-electron chi connectivity index (χ1n) is 11.3. The number of halogens is 1. The second kappa shape index (κ2) is 9.60. The third kappa shape index (κ3) is 4.72. The normalized spacial score (nSPS) is 16.1. The number of hydrogen-bond donors (Lipinski definition) is 2. The lowest BCUT2D eigenvalue weighted by Crippen LogP contribution is -2.44. The molecule has 1 aliphatic heterocycles. The van der Waals surface area contributed by atoms with E-state index < -0.39 is 0 Å². The number of H-pyrrole nitrogens is 1. The maximum atomic E-state index is 12.9. The van der Waals surface area contributed by atoms with Gasteiger partial charge in [-0.05, 0) is 43.0 Å². The predicted octanol–water partition coefficient (Wildman–Crippen LogP) is 5.15. The van der Waals surface area contributed by atoms with Gasteiger partial charge in [-0.1, -0.05) is 53.6 Å². The van der Waals surface area contributed by atoms with Gasteiger partial charge in [0.2, 0.25) is 11.9 Å². The lowest BCUT2D eigenvalue weighted by atomic mass is 9.97. The van der Waals surface area contributed by atoms with Gasteiger partial charge < -0.3 is 10.2 Å². The maximum absolute atomic E-state index is 12.9. The van der Waals surface area contributed by atoms with Crippen molar-refractivity contribution in [3.05, 3.63) is 80.4 Å². The molecule has 2 aromatic carbocycles. The van der Waals surface area contributed by atoms with Gasteiger partial charge >= 0.3 is 0 Å². The van der Waals surface area contributed by atoms with Crippen molar-refractivity contribution in [1.82, 2.24) is 15.3 Å². The summed E-state index contributed by atoms with van der Waals surface area (Å²) >= 11 is 7.45. The number of carbonyl (C=O) groups is 1. The summed E-state index contributed by atoms with van der Waals surface area (Å²) in [6.07, 6.45) is 1.66. The van der Waals surface area contributed by atoms with E-state index in [2.05, 4.69) is 41.5 Å². The summed E-state index contributed by atoms with van der Waals surface area (Å²) in [5.41, 5.74) is 4.71. The number of hydrogen-bond acceptors (Lipinski definition) is 5. The molecule has 0 saturated carbocycles. The van der Waals surface area contributed by atoms with Crippen molar-refractivity contribution in [2.24, 2.45) is 5.92 Å². The largest absolute Gasteiger partial charge is 0.352 e. The van der Waals surface area contributed by atoms with Crippen LogP contribution >= 0.6 is 22.9 Å². The highest BCUT2D eigenvalue weighted by Gasteiger charge is 2.27. The molecule has 1 atom stereocenters. The Morgan fingerprint density at radius 2 is 2.09 bits per heavy atom. The van der Waals surface area contributed by atoms with Crippen LogP contribution in [-0.4, -0.2) is 29.0 Å². The highest BCUT2D eigenvalue weighted by molar-refractivity contribution is 7.17. The van der Waals surface area contributed by atoms with E-state index in [-0.39, 0.29) is 17.4 Å². The molecule has 4 aromatic rings. The number of benzene rings is 2. The minimum absolute atomic E-state index is 0.00368. The molecule has 174 valence electrons. The van der Waals surface area contributed by atoms with Crippen molar-refractivity contribution >= 4 is 45.0 Å². The van der Waals surface area contributed by atoms with E-state index in [0.717, 1.165) is 36.1 Å². The van der Waals surface area contributed by atoms with Gasteiger partial charge in [-0.15, -0.1) is 11.3 Å². The van der Waals surface area contributed by atoms with E-state index >= 15 is 0 Å². The Kier molecular flexibility index (Phi) is 6.39. The molecule has 8 heteroatoms. The molecular formula is C26H25ClN4O2S. The van der Waals surface area contributed by atoms with Gasteiger partial charge in [0.05, 0.1) is 11.4 Å². The van der Waals surface area contributed by atoms with Crippen LogP contribution in [0, 0.1) is 12.8 Å². The SMILES string of the molecule is Cc1ccc(-c2csc3c(=O)[nH]c(N4CCC[C@@H](C(=O)NCc5cccc(Cl)c5)C4)nc23)cc1. The number of fused-ring (bicyclic) bond motifs is 1. The van der Waals surface area contributed by atoms with Crippen molar-refractivity contribution in [2.75, 3.05) is 18.0 Å². The molecule has 3 heterocycles.